The van der Waals surface area contributed by atoms with E-state index in [0.717, 1.165) is 23.2 Å². The number of phenols is 1. The minimum atomic E-state index is -3.07. The summed E-state index contributed by atoms with van der Waals surface area (Å²) in [6.07, 6.45) is 0.659. The molecule has 2 aromatic heterocycles. The maximum absolute atomic E-state index is 16.8. The van der Waals surface area contributed by atoms with Gasteiger partial charge in [-0.2, -0.15) is 9.97 Å². The van der Waals surface area contributed by atoms with Crippen LogP contribution in [0.25, 0.3) is 32.9 Å². The molecule has 0 spiro atoms. The number of hydrogen-bond donors (Lipinski definition) is 1. The van der Waals surface area contributed by atoms with Crippen molar-refractivity contribution in [1.82, 2.24) is 19.9 Å². The molecule has 1 saturated carbocycles. The Morgan fingerprint density at radius 1 is 1.36 bits per heavy atom. The van der Waals surface area contributed by atoms with Crippen LogP contribution in [0.15, 0.2) is 30.5 Å². The molecule has 4 atom stereocenters. The van der Waals surface area contributed by atoms with Crippen LogP contribution < -0.4 is 9.64 Å². The topological polar surface area (TPSA) is 74.6 Å². The van der Waals surface area contributed by atoms with Gasteiger partial charge in [-0.3, -0.25) is 9.88 Å². The van der Waals surface area contributed by atoms with Gasteiger partial charge in [0.2, 0.25) is 0 Å². The van der Waals surface area contributed by atoms with Crippen molar-refractivity contribution in [2.24, 2.45) is 0 Å². The quantitative estimate of drug-likeness (QED) is 0.243. The highest BCUT2D eigenvalue weighted by molar-refractivity contribution is 6.03. The number of fused-ring (bicyclic) bond motifs is 3. The van der Waals surface area contributed by atoms with Crippen LogP contribution in [0, 0.1) is 24.0 Å². The van der Waals surface area contributed by atoms with Crippen LogP contribution in [0.2, 0.25) is 0 Å². The molecular weight excluding hydrogens is 550 g/mol. The van der Waals surface area contributed by atoms with Crippen molar-refractivity contribution in [1.29, 1.82) is 0 Å². The lowest BCUT2D eigenvalue weighted by Gasteiger charge is -2.31. The van der Waals surface area contributed by atoms with Crippen molar-refractivity contribution in [3.05, 3.63) is 47.7 Å². The fourth-order valence-electron chi connectivity index (χ4n) is 5.67. The van der Waals surface area contributed by atoms with Crippen LogP contribution in [-0.4, -0.2) is 75.4 Å². The molecule has 7 nitrogen and oxygen atoms in total. The van der Waals surface area contributed by atoms with Crippen molar-refractivity contribution in [2.45, 2.75) is 49.6 Å². The number of terminal acetylenes is 1. The van der Waals surface area contributed by atoms with Crippen molar-refractivity contribution in [3.8, 4) is 35.4 Å². The van der Waals surface area contributed by atoms with Crippen LogP contribution in [-0.2, 0) is 0 Å². The van der Waals surface area contributed by atoms with Crippen molar-refractivity contribution in [2.75, 3.05) is 31.5 Å². The maximum Gasteiger partial charge on any atom is 0.319 e. The Balaban J connectivity index is 1.46. The fraction of sp³-hybridized carbons (Fsp3) is 0.387. The number of rotatable bonds is 6. The maximum atomic E-state index is 16.8. The summed E-state index contributed by atoms with van der Waals surface area (Å²) in [7, 11) is 0. The first-order valence-electron chi connectivity index (χ1n) is 17.1. The average molecular weight is 586 g/mol. The Morgan fingerprint density at radius 2 is 2.19 bits per heavy atom. The van der Waals surface area contributed by atoms with E-state index in [1.165, 1.54) is 12.1 Å². The van der Waals surface area contributed by atoms with Gasteiger partial charge in [-0.25, -0.2) is 17.6 Å². The summed E-state index contributed by atoms with van der Waals surface area (Å²) >= 11 is 0. The molecule has 1 unspecified atom stereocenters. The zero-order valence-electron chi connectivity index (χ0n) is 29.8. The molecule has 216 valence electrons. The Hall–Kier alpha value is -4.17. The number of ether oxygens (including phenoxy) is 1. The van der Waals surface area contributed by atoms with Gasteiger partial charge in [-0.1, -0.05) is 12.0 Å². The van der Waals surface area contributed by atoms with E-state index in [2.05, 4.69) is 20.9 Å². The summed E-state index contributed by atoms with van der Waals surface area (Å²) in [6.45, 7) is -9.10. The third-order valence-electron chi connectivity index (χ3n) is 7.84. The SMILES string of the molecule is [2H]C([2H])([2H])N(c1nc(OC([2H])([2H])C23CCC([2H])([2H])N2C[C@]([2H])(F)C3)nc2c(F)c(-c3cc(O)cc4ccc(F)c(C#C)c34)ncc12)[C@H]1C[C@@H]1F. The summed E-state index contributed by atoms with van der Waals surface area (Å²) in [6, 6.07) is 2.51. The van der Waals surface area contributed by atoms with Gasteiger partial charge in [0.05, 0.1) is 26.6 Å². The molecule has 7 rings (SSSR count). The van der Waals surface area contributed by atoms with Gasteiger partial charge in [0.15, 0.2) is 5.82 Å². The minimum absolute atomic E-state index is 0.00142. The summed E-state index contributed by atoms with van der Waals surface area (Å²) < 4.78 is 134. The molecule has 2 saturated heterocycles. The molecule has 2 aliphatic heterocycles. The van der Waals surface area contributed by atoms with Crippen LogP contribution in [0.4, 0.5) is 23.4 Å². The molecule has 11 heteroatoms. The van der Waals surface area contributed by atoms with Gasteiger partial charge in [0, 0.05) is 50.4 Å². The highest BCUT2D eigenvalue weighted by Gasteiger charge is 2.49. The molecule has 1 N–H and O–H groups in total. The molecule has 4 aromatic rings. The largest absolute Gasteiger partial charge is 0.508 e. The van der Waals surface area contributed by atoms with Crippen LogP contribution in [0.1, 0.15) is 42.2 Å². The van der Waals surface area contributed by atoms with E-state index in [4.69, 9.17) is 22.1 Å². The molecule has 0 amide bonds. The van der Waals surface area contributed by atoms with Crippen LogP contribution in [0.5, 0.6) is 11.8 Å². The highest BCUT2D eigenvalue weighted by Crippen LogP contribution is 2.42. The normalized spacial score (nSPS) is 31.5. The second kappa shape index (κ2) is 9.70. The van der Waals surface area contributed by atoms with E-state index < -0.39 is 91.6 Å². The lowest BCUT2D eigenvalue weighted by Crippen LogP contribution is -2.43. The number of alkyl halides is 2. The van der Waals surface area contributed by atoms with Gasteiger partial charge in [0.1, 0.15) is 47.5 Å². The molecule has 1 aliphatic carbocycles. The predicted octanol–water partition coefficient (Wildman–Crippen LogP) is 5.31. The van der Waals surface area contributed by atoms with Crippen molar-refractivity contribution in [3.63, 3.8) is 0 Å². The Bertz CT molecular complexity index is 2130. The Morgan fingerprint density at radius 3 is 2.95 bits per heavy atom. The average Bonchev–Trinajstić information content (AvgIpc) is 3.53. The number of anilines is 1. The van der Waals surface area contributed by atoms with E-state index in [1.807, 2.05) is 0 Å². The van der Waals surface area contributed by atoms with E-state index in [1.54, 1.807) is 0 Å². The number of hydrogen-bond acceptors (Lipinski definition) is 7. The Kier molecular flexibility index (Phi) is 4.41. The van der Waals surface area contributed by atoms with E-state index in [0.29, 0.717) is 4.90 Å². The third kappa shape index (κ3) is 4.19. The number of benzene rings is 2. The lowest BCUT2D eigenvalue weighted by molar-refractivity contribution is 0.107. The predicted molar refractivity (Wildman–Crippen MR) is 150 cm³/mol. The zero-order valence-corrected chi connectivity index (χ0v) is 21.8. The first kappa shape index (κ1) is 19.1. The highest BCUT2D eigenvalue weighted by atomic mass is 19.1. The van der Waals surface area contributed by atoms with Crippen LogP contribution >= 0.6 is 0 Å². The monoisotopic (exact) mass is 585 g/mol. The van der Waals surface area contributed by atoms with Gasteiger partial charge in [-0.05, 0) is 42.9 Å². The van der Waals surface area contributed by atoms with Crippen molar-refractivity contribution >= 4 is 27.5 Å². The summed E-state index contributed by atoms with van der Waals surface area (Å²) in [4.78, 5) is 13.8. The standard InChI is InChI=1S/C31H27F4N5O2/c1-3-19-22(33)6-5-16-9-18(41)10-20(25(16)19)27-26(35)28-21(13-36-27)29(39(2)24-11-23(24)34)38-30(37-28)42-15-31-7-4-8-40(31)14-17(32)12-31/h1,5-6,9-10,13,17,23-24,41H,4,7-8,11-12,14-15H2,2H3/t17-,23+,24+,31?/m1/s1/i2D3,8D2,15D2,17D. The number of pyridine rings is 1. The Labute approximate surface area is 250 Å². The smallest absolute Gasteiger partial charge is 0.319 e. The number of nitrogens with zero attached hydrogens (tertiary/aromatic N) is 5. The molecular formula is C31H27F4N5O2. The third-order valence-corrected chi connectivity index (χ3v) is 7.84. The van der Waals surface area contributed by atoms with Crippen molar-refractivity contribution < 1.29 is 38.4 Å². The molecule has 3 aliphatic rings. The minimum Gasteiger partial charge on any atom is -0.508 e. The lowest BCUT2D eigenvalue weighted by atomic mass is 9.95. The first-order valence-corrected chi connectivity index (χ1v) is 13.1. The molecule has 0 radical (unpaired) electrons. The van der Waals surface area contributed by atoms with E-state index in [9.17, 15) is 13.9 Å². The number of halogens is 4. The fourth-order valence-corrected chi connectivity index (χ4v) is 5.67. The number of phenolic OH excluding ortho intramolecular Hbond substituents is 1. The number of aromatic hydroxyl groups is 1. The second-order valence-electron chi connectivity index (χ2n) is 10.5. The summed E-state index contributed by atoms with van der Waals surface area (Å²) in [5.74, 6) is -0.851. The molecule has 4 heterocycles. The second-order valence-corrected chi connectivity index (χ2v) is 10.5. The zero-order chi connectivity index (χ0) is 36.3. The molecule has 3 fully saturated rings. The summed E-state index contributed by atoms with van der Waals surface area (Å²) in [5, 5.41) is 10.3. The molecule has 0 bridgehead atoms. The van der Waals surface area contributed by atoms with Gasteiger partial charge in [-0.15, -0.1) is 6.42 Å². The number of aromatic nitrogens is 3. The van der Waals surface area contributed by atoms with Gasteiger partial charge < -0.3 is 14.7 Å². The van der Waals surface area contributed by atoms with Crippen LogP contribution in [0.3, 0.4) is 0 Å². The first-order chi connectivity index (χ1) is 23.2. The van der Waals surface area contributed by atoms with E-state index in [-0.39, 0.29) is 52.3 Å². The summed E-state index contributed by atoms with van der Waals surface area (Å²) in [5.41, 5.74) is -3.71. The molecule has 2 aromatic carbocycles. The van der Waals surface area contributed by atoms with E-state index >= 15 is 8.78 Å². The molecule has 42 heavy (non-hydrogen) atoms. The van der Waals surface area contributed by atoms with Gasteiger partial charge >= 0.3 is 6.01 Å². The van der Waals surface area contributed by atoms with Gasteiger partial charge in [0.25, 0.3) is 0 Å².